The number of imide groups is 1. The summed E-state index contributed by atoms with van der Waals surface area (Å²) in [6.07, 6.45) is 4.09. The van der Waals surface area contributed by atoms with E-state index in [1.54, 1.807) is 17.0 Å². The van der Waals surface area contributed by atoms with Crippen molar-refractivity contribution in [2.75, 3.05) is 0 Å². The van der Waals surface area contributed by atoms with Crippen molar-refractivity contribution in [1.82, 2.24) is 15.5 Å². The van der Waals surface area contributed by atoms with E-state index in [-0.39, 0.29) is 18.2 Å². The monoisotopic (exact) mass is 463 g/mol. The summed E-state index contributed by atoms with van der Waals surface area (Å²) in [5.41, 5.74) is 3.64. The summed E-state index contributed by atoms with van der Waals surface area (Å²) >= 11 is 0. The van der Waals surface area contributed by atoms with Crippen LogP contribution in [0.3, 0.4) is 0 Å². The smallest absolute Gasteiger partial charge is 0.255 e. The zero-order valence-corrected chi connectivity index (χ0v) is 19.9. The van der Waals surface area contributed by atoms with Crippen LogP contribution in [0, 0.1) is 0 Å². The summed E-state index contributed by atoms with van der Waals surface area (Å²) in [4.78, 5) is 38.3. The highest BCUT2D eigenvalue weighted by molar-refractivity contribution is 6.05. The highest BCUT2D eigenvalue weighted by Gasteiger charge is 2.40. The van der Waals surface area contributed by atoms with Crippen molar-refractivity contribution in [2.24, 2.45) is 0 Å². The molecule has 0 radical (unpaired) electrons. The molecule has 2 unspecified atom stereocenters. The van der Waals surface area contributed by atoms with E-state index in [9.17, 15) is 14.4 Å². The van der Waals surface area contributed by atoms with Gasteiger partial charge in [-0.25, -0.2) is 0 Å². The van der Waals surface area contributed by atoms with E-state index in [2.05, 4.69) is 48.7 Å². The van der Waals surface area contributed by atoms with Crippen LogP contribution in [0.2, 0.25) is 0 Å². The summed E-state index contributed by atoms with van der Waals surface area (Å²) in [6, 6.07) is 13.7. The molecule has 2 atom stereocenters. The van der Waals surface area contributed by atoms with Crippen molar-refractivity contribution in [3.63, 3.8) is 0 Å². The first-order valence-corrected chi connectivity index (χ1v) is 12.2. The summed E-state index contributed by atoms with van der Waals surface area (Å²) < 4.78 is 6.10. The second kappa shape index (κ2) is 10.8. The molecule has 0 bridgehead atoms. The third kappa shape index (κ3) is 5.30. The Kier molecular flexibility index (Phi) is 7.63. The Balaban J connectivity index is 1.37. The van der Waals surface area contributed by atoms with E-state index in [1.807, 2.05) is 6.07 Å². The number of hydrogen-bond acceptors (Lipinski definition) is 5. The van der Waals surface area contributed by atoms with Gasteiger partial charge in [0.25, 0.3) is 5.91 Å². The predicted molar refractivity (Wildman–Crippen MR) is 129 cm³/mol. The predicted octanol–water partition coefficient (Wildman–Crippen LogP) is 3.69. The molecule has 2 aliphatic heterocycles. The number of hydrogen-bond donors (Lipinski definition) is 2. The number of nitrogens with zero attached hydrogens (tertiary/aromatic N) is 1. The van der Waals surface area contributed by atoms with E-state index in [0.29, 0.717) is 36.9 Å². The fourth-order valence-electron chi connectivity index (χ4n) is 4.67. The van der Waals surface area contributed by atoms with Crippen LogP contribution in [-0.2, 0) is 29.3 Å². The minimum atomic E-state index is -0.628. The molecule has 2 aromatic rings. The Morgan fingerprint density at radius 1 is 1.09 bits per heavy atom. The Bertz CT molecular complexity index is 1050. The van der Waals surface area contributed by atoms with E-state index < -0.39 is 11.9 Å². The maximum Gasteiger partial charge on any atom is 0.255 e. The number of amides is 3. The summed E-state index contributed by atoms with van der Waals surface area (Å²) in [6.45, 7) is 5.97. The standard InChI is InChI=1S/C27H33N3O4/c1-3-6-20(4-2)28-15-18-9-11-19(12-10-18)17-34-24-8-5-7-21-22(24)16-30(27(21)33)23-13-14-25(31)29-26(23)32/h5,7-12,20,23,28H,3-4,6,13-17H2,1-2H3,(H,29,31,32). The fourth-order valence-corrected chi connectivity index (χ4v) is 4.67. The minimum absolute atomic E-state index is 0.194. The maximum atomic E-state index is 13.0. The third-order valence-corrected chi connectivity index (χ3v) is 6.68. The molecule has 34 heavy (non-hydrogen) atoms. The molecule has 2 heterocycles. The van der Waals surface area contributed by atoms with Gasteiger partial charge in [0.15, 0.2) is 0 Å². The van der Waals surface area contributed by atoms with Gasteiger partial charge in [-0.2, -0.15) is 0 Å². The Labute approximate surface area is 200 Å². The average molecular weight is 464 g/mol. The van der Waals surface area contributed by atoms with Crippen LogP contribution >= 0.6 is 0 Å². The van der Waals surface area contributed by atoms with Gasteiger partial charge in [-0.05, 0) is 42.5 Å². The average Bonchev–Trinajstić information content (AvgIpc) is 3.18. The highest BCUT2D eigenvalue weighted by Crippen LogP contribution is 2.33. The first kappa shape index (κ1) is 24.0. The SMILES string of the molecule is CCCC(CC)NCc1ccc(COc2cccc3c2CN(C2CCC(=O)NC2=O)C3=O)cc1. The van der Waals surface area contributed by atoms with Crippen LogP contribution in [0.5, 0.6) is 5.75 Å². The van der Waals surface area contributed by atoms with Crippen molar-refractivity contribution >= 4 is 17.7 Å². The van der Waals surface area contributed by atoms with Crippen LogP contribution in [0.1, 0.15) is 73.0 Å². The lowest BCUT2D eigenvalue weighted by Crippen LogP contribution is -2.52. The Hall–Kier alpha value is -3.19. The van der Waals surface area contributed by atoms with E-state index in [0.717, 1.165) is 24.1 Å². The molecule has 1 fully saturated rings. The molecule has 7 heteroatoms. The first-order valence-electron chi connectivity index (χ1n) is 12.2. The number of carbonyl (C=O) groups is 3. The van der Waals surface area contributed by atoms with Gasteiger partial charge in [0.05, 0.1) is 6.54 Å². The Morgan fingerprint density at radius 2 is 1.85 bits per heavy atom. The number of carbonyl (C=O) groups excluding carboxylic acids is 3. The topological polar surface area (TPSA) is 87.7 Å². The third-order valence-electron chi connectivity index (χ3n) is 6.68. The summed E-state index contributed by atoms with van der Waals surface area (Å²) in [5.74, 6) is -0.242. The van der Waals surface area contributed by atoms with Crippen LogP contribution < -0.4 is 15.4 Å². The normalized spacial score (nSPS) is 18.6. The molecule has 0 aromatic heterocycles. The zero-order chi connectivity index (χ0) is 24.1. The van der Waals surface area contributed by atoms with Crippen molar-refractivity contribution in [3.8, 4) is 5.75 Å². The van der Waals surface area contributed by atoms with Crippen molar-refractivity contribution in [3.05, 3.63) is 64.7 Å². The molecule has 0 saturated carbocycles. The first-order chi connectivity index (χ1) is 16.5. The van der Waals surface area contributed by atoms with Crippen LogP contribution in [0.15, 0.2) is 42.5 Å². The molecule has 0 spiro atoms. The largest absolute Gasteiger partial charge is 0.489 e. The summed E-state index contributed by atoms with van der Waals surface area (Å²) in [7, 11) is 0. The lowest BCUT2D eigenvalue weighted by atomic mass is 10.0. The van der Waals surface area contributed by atoms with E-state index in [1.165, 1.54) is 18.4 Å². The molecule has 0 aliphatic carbocycles. The number of rotatable bonds is 10. The van der Waals surface area contributed by atoms with Crippen LogP contribution in [0.25, 0.3) is 0 Å². The molecular formula is C27H33N3O4. The van der Waals surface area contributed by atoms with Gasteiger partial charge in [0.2, 0.25) is 11.8 Å². The molecule has 7 nitrogen and oxygen atoms in total. The summed E-state index contributed by atoms with van der Waals surface area (Å²) in [5, 5.41) is 5.95. The second-order valence-electron chi connectivity index (χ2n) is 9.06. The van der Waals surface area contributed by atoms with Gasteiger partial charge in [-0.1, -0.05) is 50.6 Å². The highest BCUT2D eigenvalue weighted by atomic mass is 16.5. The van der Waals surface area contributed by atoms with Gasteiger partial charge in [-0.3, -0.25) is 19.7 Å². The second-order valence-corrected chi connectivity index (χ2v) is 9.06. The number of ether oxygens (including phenoxy) is 1. The van der Waals surface area contributed by atoms with Crippen LogP contribution in [0.4, 0.5) is 0 Å². The van der Waals surface area contributed by atoms with Gasteiger partial charge in [0, 0.05) is 30.1 Å². The van der Waals surface area contributed by atoms with Gasteiger partial charge in [0.1, 0.15) is 18.4 Å². The molecule has 3 amide bonds. The minimum Gasteiger partial charge on any atom is -0.489 e. The fraction of sp³-hybridized carbons (Fsp3) is 0.444. The lowest BCUT2D eigenvalue weighted by molar-refractivity contribution is -0.136. The molecule has 180 valence electrons. The zero-order valence-electron chi connectivity index (χ0n) is 19.9. The van der Waals surface area contributed by atoms with Gasteiger partial charge >= 0.3 is 0 Å². The molecule has 2 aromatic carbocycles. The molecule has 4 rings (SSSR count). The number of nitrogens with one attached hydrogen (secondary N) is 2. The van der Waals surface area contributed by atoms with Crippen molar-refractivity contribution in [1.29, 1.82) is 0 Å². The molecular weight excluding hydrogens is 430 g/mol. The molecule has 2 N–H and O–H groups in total. The molecule has 2 aliphatic rings. The van der Waals surface area contributed by atoms with Crippen molar-refractivity contribution in [2.45, 2.75) is 77.7 Å². The van der Waals surface area contributed by atoms with Gasteiger partial charge < -0.3 is 15.0 Å². The molecule has 1 saturated heterocycles. The number of piperidine rings is 1. The van der Waals surface area contributed by atoms with Gasteiger partial charge in [-0.15, -0.1) is 0 Å². The number of benzene rings is 2. The van der Waals surface area contributed by atoms with Crippen molar-refractivity contribution < 1.29 is 19.1 Å². The Morgan fingerprint density at radius 3 is 2.56 bits per heavy atom. The number of fused-ring (bicyclic) bond motifs is 1. The lowest BCUT2D eigenvalue weighted by Gasteiger charge is -2.29. The quantitative estimate of drug-likeness (QED) is 0.525. The van der Waals surface area contributed by atoms with E-state index >= 15 is 0 Å². The van der Waals surface area contributed by atoms with Crippen LogP contribution in [-0.4, -0.2) is 34.7 Å². The maximum absolute atomic E-state index is 13.0. The van der Waals surface area contributed by atoms with E-state index in [4.69, 9.17) is 4.74 Å².